The highest BCUT2D eigenvalue weighted by Crippen LogP contribution is 2.32. The van der Waals surface area contributed by atoms with Gasteiger partial charge in [0.15, 0.2) is 0 Å². The zero-order chi connectivity index (χ0) is 18.3. The van der Waals surface area contributed by atoms with Crippen molar-refractivity contribution < 1.29 is 4.39 Å². The lowest BCUT2D eigenvalue weighted by atomic mass is 9.95. The summed E-state index contributed by atoms with van der Waals surface area (Å²) in [7, 11) is 0. The number of nitrogens with two attached hydrogens (primary N) is 1. The molecule has 6 nitrogen and oxygen atoms in total. The number of halogens is 1. The first-order valence-electron chi connectivity index (χ1n) is 9.58. The van der Waals surface area contributed by atoms with Gasteiger partial charge in [0.05, 0.1) is 16.6 Å². The Bertz CT molecular complexity index is 937. The van der Waals surface area contributed by atoms with Crippen molar-refractivity contribution in [3.8, 4) is 0 Å². The summed E-state index contributed by atoms with van der Waals surface area (Å²) in [4.78, 5) is 25.1. The molecular weight excluding hydrogens is 335 g/mol. The molecule has 2 fully saturated rings. The Balaban J connectivity index is 1.87. The number of fused-ring (bicyclic) bond motifs is 1. The van der Waals surface area contributed by atoms with E-state index < -0.39 is 17.1 Å². The predicted molar refractivity (Wildman–Crippen MR) is 101 cm³/mol. The molecule has 0 spiro atoms. The minimum atomic E-state index is -0.651. The van der Waals surface area contributed by atoms with Gasteiger partial charge in [-0.05, 0) is 37.8 Å². The van der Waals surface area contributed by atoms with Gasteiger partial charge in [-0.3, -0.25) is 9.36 Å². The van der Waals surface area contributed by atoms with Crippen molar-refractivity contribution >= 4 is 16.6 Å². The average molecular weight is 360 g/mol. The molecule has 2 aliphatic carbocycles. The van der Waals surface area contributed by atoms with Crippen LogP contribution >= 0.6 is 0 Å². The molecule has 26 heavy (non-hydrogen) atoms. The summed E-state index contributed by atoms with van der Waals surface area (Å²) in [5.74, 6) is 5.21. The maximum Gasteiger partial charge on any atom is 0.350 e. The lowest BCUT2D eigenvalue weighted by Gasteiger charge is -2.25. The van der Waals surface area contributed by atoms with Crippen LogP contribution in [0.4, 0.5) is 10.1 Å². The quantitative estimate of drug-likeness (QED) is 0.825. The Hall–Kier alpha value is -2.31. The largest absolute Gasteiger partial charge is 0.380 e. The summed E-state index contributed by atoms with van der Waals surface area (Å²) < 4.78 is 16.9. The average Bonchev–Trinajstić information content (AvgIpc) is 3.17. The number of benzene rings is 1. The van der Waals surface area contributed by atoms with Crippen molar-refractivity contribution in [2.75, 3.05) is 11.2 Å². The summed E-state index contributed by atoms with van der Waals surface area (Å²) in [6, 6.07) is 3.09. The lowest BCUT2D eigenvalue weighted by Crippen LogP contribution is -2.45. The summed E-state index contributed by atoms with van der Waals surface area (Å²) >= 11 is 0. The number of nitrogens with one attached hydrogen (secondary N) is 1. The lowest BCUT2D eigenvalue weighted by molar-refractivity contribution is 0.460. The third kappa shape index (κ3) is 2.89. The van der Waals surface area contributed by atoms with Crippen LogP contribution in [0.2, 0.25) is 0 Å². The molecule has 2 saturated carbocycles. The molecule has 0 bridgehead atoms. The van der Waals surface area contributed by atoms with Crippen LogP contribution < -0.4 is 22.4 Å². The zero-order valence-corrected chi connectivity index (χ0v) is 14.8. The van der Waals surface area contributed by atoms with Gasteiger partial charge in [0.25, 0.3) is 5.56 Å². The van der Waals surface area contributed by atoms with Crippen molar-refractivity contribution in [3.05, 3.63) is 38.8 Å². The highest BCUT2D eigenvalue weighted by atomic mass is 19.1. The van der Waals surface area contributed by atoms with Gasteiger partial charge < -0.3 is 11.2 Å². The first-order chi connectivity index (χ1) is 12.6. The Morgan fingerprint density at radius 3 is 2.35 bits per heavy atom. The third-order valence-corrected chi connectivity index (χ3v) is 5.86. The number of hydrogen-bond acceptors (Lipinski definition) is 4. The standard InChI is InChI=1S/C19H25FN4O2/c20-15-10-14-17(11-16(15)22-12-6-2-1-3-7-12)23(13-8-4-5-9-13)19(26)24(21)18(14)25/h10-13,22H,1-9,21H2. The second-order valence-electron chi connectivity index (χ2n) is 7.59. The zero-order valence-electron chi connectivity index (χ0n) is 14.8. The molecule has 2 aliphatic rings. The fourth-order valence-corrected chi connectivity index (χ4v) is 4.46. The molecule has 0 radical (unpaired) electrons. The molecule has 0 unspecified atom stereocenters. The molecule has 3 N–H and O–H groups in total. The van der Waals surface area contributed by atoms with Crippen molar-refractivity contribution in [1.82, 2.24) is 9.24 Å². The van der Waals surface area contributed by atoms with E-state index in [1.54, 1.807) is 10.6 Å². The molecule has 0 atom stereocenters. The fourth-order valence-electron chi connectivity index (χ4n) is 4.46. The maximum absolute atomic E-state index is 14.7. The van der Waals surface area contributed by atoms with Crippen LogP contribution in [0.15, 0.2) is 21.7 Å². The van der Waals surface area contributed by atoms with E-state index in [0.717, 1.165) is 51.4 Å². The number of aromatic nitrogens is 2. The second kappa shape index (κ2) is 6.78. The predicted octanol–water partition coefficient (Wildman–Crippen LogP) is 2.88. The number of rotatable bonds is 3. The van der Waals surface area contributed by atoms with Gasteiger partial charge in [0.1, 0.15) is 5.82 Å². The minimum Gasteiger partial charge on any atom is -0.380 e. The topological polar surface area (TPSA) is 82.0 Å². The molecule has 1 aromatic carbocycles. The Kier molecular flexibility index (Phi) is 4.46. The maximum atomic E-state index is 14.7. The monoisotopic (exact) mass is 360 g/mol. The molecule has 0 saturated heterocycles. The smallest absolute Gasteiger partial charge is 0.350 e. The Labute approximate surface area is 150 Å². The summed E-state index contributed by atoms with van der Waals surface area (Å²) in [5, 5.41) is 3.44. The van der Waals surface area contributed by atoms with E-state index in [1.165, 1.54) is 12.5 Å². The van der Waals surface area contributed by atoms with E-state index in [9.17, 15) is 14.0 Å². The van der Waals surface area contributed by atoms with Crippen molar-refractivity contribution in [3.63, 3.8) is 0 Å². The van der Waals surface area contributed by atoms with Crippen LogP contribution in [0.5, 0.6) is 0 Å². The highest BCUT2D eigenvalue weighted by Gasteiger charge is 2.24. The Morgan fingerprint density at radius 1 is 1.00 bits per heavy atom. The molecule has 4 rings (SSSR count). The van der Waals surface area contributed by atoms with Crippen LogP contribution in [-0.2, 0) is 0 Å². The first-order valence-corrected chi connectivity index (χ1v) is 9.58. The van der Waals surface area contributed by atoms with Crippen LogP contribution in [0.1, 0.15) is 63.8 Å². The van der Waals surface area contributed by atoms with E-state index in [4.69, 9.17) is 5.84 Å². The molecule has 140 valence electrons. The van der Waals surface area contributed by atoms with Gasteiger partial charge in [-0.25, -0.2) is 9.18 Å². The van der Waals surface area contributed by atoms with Crippen LogP contribution in [0.25, 0.3) is 10.9 Å². The van der Waals surface area contributed by atoms with Gasteiger partial charge in [-0.2, -0.15) is 4.68 Å². The second-order valence-corrected chi connectivity index (χ2v) is 7.59. The number of hydrogen-bond donors (Lipinski definition) is 2. The molecular formula is C19H25FN4O2. The third-order valence-electron chi connectivity index (χ3n) is 5.86. The number of anilines is 1. The Morgan fingerprint density at radius 2 is 1.65 bits per heavy atom. The summed E-state index contributed by atoms with van der Waals surface area (Å²) in [6.07, 6.45) is 9.33. The van der Waals surface area contributed by atoms with Crippen LogP contribution in [0, 0.1) is 5.82 Å². The van der Waals surface area contributed by atoms with Gasteiger partial charge >= 0.3 is 5.69 Å². The van der Waals surface area contributed by atoms with Gasteiger partial charge in [-0.1, -0.05) is 32.1 Å². The molecule has 2 aromatic rings. The number of nitrogens with zero attached hydrogens (tertiary/aromatic N) is 2. The molecule has 1 aromatic heterocycles. The van der Waals surface area contributed by atoms with E-state index in [0.29, 0.717) is 15.9 Å². The fraction of sp³-hybridized carbons (Fsp3) is 0.579. The summed E-state index contributed by atoms with van der Waals surface area (Å²) in [5.41, 5.74) is -0.329. The van der Waals surface area contributed by atoms with Crippen molar-refractivity contribution in [2.45, 2.75) is 69.9 Å². The molecule has 0 aliphatic heterocycles. The minimum absolute atomic E-state index is 0.00777. The summed E-state index contributed by atoms with van der Waals surface area (Å²) in [6.45, 7) is 0. The highest BCUT2D eigenvalue weighted by molar-refractivity contribution is 5.82. The van der Waals surface area contributed by atoms with Gasteiger partial charge in [-0.15, -0.1) is 0 Å². The number of nitrogen functional groups attached to an aromatic ring is 1. The van der Waals surface area contributed by atoms with Crippen molar-refractivity contribution in [2.24, 2.45) is 0 Å². The van der Waals surface area contributed by atoms with Crippen molar-refractivity contribution in [1.29, 1.82) is 0 Å². The normalized spacial score (nSPS) is 19.3. The molecule has 7 heteroatoms. The van der Waals surface area contributed by atoms with Crippen LogP contribution in [-0.4, -0.2) is 15.3 Å². The van der Waals surface area contributed by atoms with E-state index in [-0.39, 0.29) is 17.5 Å². The SMILES string of the molecule is Nn1c(=O)c2cc(F)c(NC3CCCCC3)cc2n(C2CCCC2)c1=O. The molecule has 0 amide bonds. The van der Waals surface area contributed by atoms with Gasteiger partial charge in [0.2, 0.25) is 0 Å². The van der Waals surface area contributed by atoms with E-state index in [2.05, 4.69) is 5.32 Å². The van der Waals surface area contributed by atoms with Gasteiger partial charge in [0, 0.05) is 12.1 Å². The first kappa shape index (κ1) is 17.1. The molecule has 1 heterocycles. The van der Waals surface area contributed by atoms with E-state index in [1.807, 2.05) is 0 Å². The van der Waals surface area contributed by atoms with E-state index >= 15 is 0 Å². The van der Waals surface area contributed by atoms with Crippen LogP contribution in [0.3, 0.4) is 0 Å².